The van der Waals surface area contributed by atoms with Crippen molar-refractivity contribution in [2.75, 3.05) is 13.7 Å². The second-order valence-electron chi connectivity index (χ2n) is 5.58. The highest BCUT2D eigenvalue weighted by Crippen LogP contribution is 2.22. The summed E-state index contributed by atoms with van der Waals surface area (Å²) in [5.41, 5.74) is 4.60. The first kappa shape index (κ1) is 13.8. The first-order valence-corrected chi connectivity index (χ1v) is 7.13. The second-order valence-corrected chi connectivity index (χ2v) is 5.58. The highest BCUT2D eigenvalue weighted by atomic mass is 16.5. The lowest BCUT2D eigenvalue weighted by atomic mass is 10.1. The fourth-order valence-corrected chi connectivity index (χ4v) is 2.55. The summed E-state index contributed by atoms with van der Waals surface area (Å²) in [4.78, 5) is 0. The predicted octanol–water partition coefficient (Wildman–Crippen LogP) is 2.79. The number of ether oxygens (including phenoxy) is 1. The lowest BCUT2D eigenvalue weighted by Crippen LogP contribution is -2.12. The molecule has 1 atom stereocenters. The van der Waals surface area contributed by atoms with Gasteiger partial charge < -0.3 is 4.74 Å². The molecule has 21 heavy (non-hydrogen) atoms. The van der Waals surface area contributed by atoms with E-state index in [9.17, 15) is 0 Å². The molecule has 5 nitrogen and oxygen atoms in total. The molecule has 3 aromatic heterocycles. The van der Waals surface area contributed by atoms with Crippen LogP contribution in [-0.4, -0.2) is 33.1 Å². The van der Waals surface area contributed by atoms with E-state index in [1.807, 2.05) is 27.8 Å². The second kappa shape index (κ2) is 5.69. The maximum atomic E-state index is 5.17. The third-order valence-electron chi connectivity index (χ3n) is 3.63. The first-order valence-electron chi connectivity index (χ1n) is 7.13. The summed E-state index contributed by atoms with van der Waals surface area (Å²) in [7, 11) is 1.73. The van der Waals surface area contributed by atoms with Crippen LogP contribution in [0.5, 0.6) is 0 Å². The Bertz CT molecular complexity index is 744. The van der Waals surface area contributed by atoms with Gasteiger partial charge in [0.1, 0.15) is 0 Å². The van der Waals surface area contributed by atoms with Gasteiger partial charge in [0, 0.05) is 31.6 Å². The van der Waals surface area contributed by atoms with Crippen LogP contribution in [0.15, 0.2) is 36.9 Å². The number of nitrogens with zero attached hydrogens (tertiary/aromatic N) is 4. The molecule has 0 saturated carbocycles. The van der Waals surface area contributed by atoms with E-state index in [4.69, 9.17) is 4.74 Å². The molecule has 5 heteroatoms. The first-order chi connectivity index (χ1) is 10.2. The van der Waals surface area contributed by atoms with Gasteiger partial charge >= 0.3 is 0 Å². The van der Waals surface area contributed by atoms with E-state index < -0.39 is 0 Å². The molecular formula is C16H20N4O. The molecule has 3 aromatic rings. The number of fused-ring (bicyclic) bond motifs is 1. The Balaban J connectivity index is 1.85. The van der Waals surface area contributed by atoms with E-state index in [1.165, 1.54) is 5.56 Å². The summed E-state index contributed by atoms with van der Waals surface area (Å²) in [5.74, 6) is 0.447. The van der Waals surface area contributed by atoms with Gasteiger partial charge in [0.2, 0.25) is 0 Å². The van der Waals surface area contributed by atoms with Gasteiger partial charge in [-0.25, -0.2) is 4.52 Å². The molecule has 110 valence electrons. The van der Waals surface area contributed by atoms with Crippen molar-refractivity contribution >= 4 is 5.52 Å². The Morgan fingerprint density at radius 3 is 2.90 bits per heavy atom. The number of aryl methyl sites for hydroxylation is 1. The fourth-order valence-electron chi connectivity index (χ4n) is 2.55. The van der Waals surface area contributed by atoms with Gasteiger partial charge in [0.15, 0.2) is 0 Å². The number of rotatable bonds is 5. The largest absolute Gasteiger partial charge is 0.384 e. The van der Waals surface area contributed by atoms with Gasteiger partial charge in [0.05, 0.1) is 24.5 Å². The zero-order valence-electron chi connectivity index (χ0n) is 12.7. The van der Waals surface area contributed by atoms with Gasteiger partial charge in [0.25, 0.3) is 0 Å². The molecular weight excluding hydrogens is 264 g/mol. The Kier molecular flexibility index (Phi) is 3.75. The average molecular weight is 284 g/mol. The fraction of sp³-hybridized carbons (Fsp3) is 0.375. The Labute approximate surface area is 124 Å². The lowest BCUT2D eigenvalue weighted by molar-refractivity contribution is 0.149. The maximum absolute atomic E-state index is 5.17. The van der Waals surface area contributed by atoms with Crippen LogP contribution in [0.3, 0.4) is 0 Å². The highest BCUT2D eigenvalue weighted by molar-refractivity contribution is 5.69. The van der Waals surface area contributed by atoms with Crippen molar-refractivity contribution in [2.24, 2.45) is 5.92 Å². The van der Waals surface area contributed by atoms with E-state index in [2.05, 4.69) is 42.4 Å². The predicted molar refractivity (Wildman–Crippen MR) is 82.2 cm³/mol. The van der Waals surface area contributed by atoms with E-state index in [-0.39, 0.29) is 0 Å². The van der Waals surface area contributed by atoms with Crippen LogP contribution in [-0.2, 0) is 11.3 Å². The molecule has 0 aliphatic rings. The molecule has 0 aromatic carbocycles. The molecule has 3 rings (SSSR count). The molecule has 0 aliphatic heterocycles. The molecule has 0 saturated heterocycles. The van der Waals surface area contributed by atoms with E-state index >= 15 is 0 Å². The molecule has 0 N–H and O–H groups in total. The third-order valence-corrected chi connectivity index (χ3v) is 3.63. The van der Waals surface area contributed by atoms with Crippen LogP contribution in [0, 0.1) is 12.8 Å². The molecule has 0 fully saturated rings. The normalized spacial score (nSPS) is 12.9. The average Bonchev–Trinajstić information content (AvgIpc) is 3.06. The van der Waals surface area contributed by atoms with E-state index in [1.54, 1.807) is 7.11 Å². The minimum atomic E-state index is 0.447. The standard InChI is InChI=1S/C16H20N4O/c1-12(11-21-3)9-19-10-15(8-17-19)14-4-5-20-16(6-14)13(2)7-18-20/h4-8,10,12H,9,11H2,1-3H3. The molecule has 1 unspecified atom stereocenters. The Morgan fingerprint density at radius 1 is 1.24 bits per heavy atom. The summed E-state index contributed by atoms with van der Waals surface area (Å²) in [6.45, 7) is 5.84. The monoisotopic (exact) mass is 284 g/mol. The molecule has 0 amide bonds. The zero-order valence-corrected chi connectivity index (χ0v) is 12.7. The quantitative estimate of drug-likeness (QED) is 0.723. The van der Waals surface area contributed by atoms with E-state index in [0.717, 1.165) is 29.8 Å². The van der Waals surface area contributed by atoms with Crippen molar-refractivity contribution < 1.29 is 4.74 Å². The summed E-state index contributed by atoms with van der Waals surface area (Å²) in [5, 5.41) is 8.74. The highest BCUT2D eigenvalue weighted by Gasteiger charge is 2.07. The minimum Gasteiger partial charge on any atom is -0.384 e. The van der Waals surface area contributed by atoms with Gasteiger partial charge in [-0.15, -0.1) is 0 Å². The molecule has 0 radical (unpaired) electrons. The topological polar surface area (TPSA) is 44.4 Å². The van der Waals surface area contributed by atoms with Gasteiger partial charge in [-0.1, -0.05) is 6.92 Å². The molecule has 3 heterocycles. The summed E-state index contributed by atoms with van der Waals surface area (Å²) < 4.78 is 9.04. The minimum absolute atomic E-state index is 0.447. The zero-order chi connectivity index (χ0) is 14.8. The molecule has 0 aliphatic carbocycles. The molecule has 0 bridgehead atoms. The van der Waals surface area contributed by atoms with Crippen molar-refractivity contribution in [3.8, 4) is 11.1 Å². The molecule has 0 spiro atoms. The van der Waals surface area contributed by atoms with Gasteiger partial charge in [-0.3, -0.25) is 4.68 Å². The van der Waals surface area contributed by atoms with Crippen LogP contribution >= 0.6 is 0 Å². The van der Waals surface area contributed by atoms with Gasteiger partial charge in [-0.2, -0.15) is 10.2 Å². The van der Waals surface area contributed by atoms with Crippen molar-refractivity contribution in [2.45, 2.75) is 20.4 Å². The number of hydrogen-bond donors (Lipinski definition) is 0. The Morgan fingerprint density at radius 2 is 2.10 bits per heavy atom. The van der Waals surface area contributed by atoms with Crippen LogP contribution < -0.4 is 0 Å². The van der Waals surface area contributed by atoms with Crippen LogP contribution in [0.25, 0.3) is 16.6 Å². The Hall–Kier alpha value is -2.14. The van der Waals surface area contributed by atoms with E-state index in [0.29, 0.717) is 5.92 Å². The van der Waals surface area contributed by atoms with Crippen LogP contribution in [0.4, 0.5) is 0 Å². The van der Waals surface area contributed by atoms with Crippen molar-refractivity contribution in [1.82, 2.24) is 19.4 Å². The number of aromatic nitrogens is 4. The lowest BCUT2D eigenvalue weighted by Gasteiger charge is -2.09. The number of hydrogen-bond acceptors (Lipinski definition) is 3. The third kappa shape index (κ3) is 2.83. The number of pyridine rings is 1. The summed E-state index contributed by atoms with van der Waals surface area (Å²) in [6, 6.07) is 4.22. The van der Waals surface area contributed by atoms with Crippen LogP contribution in [0.2, 0.25) is 0 Å². The smallest absolute Gasteiger partial charge is 0.0696 e. The van der Waals surface area contributed by atoms with Crippen molar-refractivity contribution in [1.29, 1.82) is 0 Å². The van der Waals surface area contributed by atoms with Crippen molar-refractivity contribution in [3.63, 3.8) is 0 Å². The summed E-state index contributed by atoms with van der Waals surface area (Å²) in [6.07, 6.45) is 7.87. The van der Waals surface area contributed by atoms with Crippen molar-refractivity contribution in [3.05, 3.63) is 42.5 Å². The van der Waals surface area contributed by atoms with Crippen LogP contribution in [0.1, 0.15) is 12.5 Å². The summed E-state index contributed by atoms with van der Waals surface area (Å²) >= 11 is 0. The van der Waals surface area contributed by atoms with Gasteiger partial charge in [-0.05, 0) is 36.1 Å². The maximum Gasteiger partial charge on any atom is 0.0696 e. The number of methoxy groups -OCH3 is 1. The SMILES string of the molecule is COCC(C)Cn1cc(-c2ccn3ncc(C)c3c2)cn1.